The first-order valence-electron chi connectivity index (χ1n) is 12.2. The minimum absolute atomic E-state index is 0.159. The van der Waals surface area contributed by atoms with Crippen molar-refractivity contribution in [3.05, 3.63) is 91.0 Å². The molecule has 0 radical (unpaired) electrons. The zero-order chi connectivity index (χ0) is 26.6. The number of aliphatic hydroxyl groups excluding tert-OH is 2. The first-order chi connectivity index (χ1) is 17.9. The van der Waals surface area contributed by atoms with Crippen LogP contribution in [0.25, 0.3) is 10.8 Å². The molecule has 0 spiro atoms. The summed E-state index contributed by atoms with van der Waals surface area (Å²) in [5.74, 6) is -2.32. The molecule has 0 bridgehead atoms. The summed E-state index contributed by atoms with van der Waals surface area (Å²) in [5.41, 5.74) is 1.50. The second kappa shape index (κ2) is 13.9. The number of nitrogens with one attached hydrogen (secondary N) is 3. The van der Waals surface area contributed by atoms with Crippen molar-refractivity contribution >= 4 is 34.2 Å². The van der Waals surface area contributed by atoms with Crippen molar-refractivity contribution in [1.82, 2.24) is 10.6 Å². The zero-order valence-electron chi connectivity index (χ0n) is 20.6. The van der Waals surface area contributed by atoms with Crippen LogP contribution in [0.4, 0.5) is 5.69 Å². The Morgan fingerprint density at radius 3 is 2.22 bits per heavy atom. The van der Waals surface area contributed by atoms with Gasteiger partial charge in [-0.2, -0.15) is 0 Å². The number of anilines is 1. The van der Waals surface area contributed by atoms with Gasteiger partial charge in [-0.1, -0.05) is 66.7 Å². The van der Waals surface area contributed by atoms with E-state index < -0.39 is 42.3 Å². The van der Waals surface area contributed by atoms with E-state index in [0.717, 1.165) is 16.3 Å². The third-order valence-corrected chi connectivity index (χ3v) is 6.00. The molecule has 194 valence electrons. The first-order valence-corrected chi connectivity index (χ1v) is 12.2. The Morgan fingerprint density at radius 2 is 1.54 bits per heavy atom. The number of hydrogen-bond donors (Lipinski definition) is 5. The van der Waals surface area contributed by atoms with Gasteiger partial charge in [0.1, 0.15) is 6.04 Å². The molecule has 3 aromatic rings. The maximum atomic E-state index is 12.9. The van der Waals surface area contributed by atoms with Crippen LogP contribution in [0.15, 0.2) is 85.5 Å². The Hall–Kier alpha value is -4.01. The van der Waals surface area contributed by atoms with E-state index >= 15 is 0 Å². The van der Waals surface area contributed by atoms with E-state index in [4.69, 9.17) is 0 Å². The van der Waals surface area contributed by atoms with Crippen molar-refractivity contribution in [1.29, 1.82) is 0 Å². The van der Waals surface area contributed by atoms with E-state index in [1.54, 1.807) is 12.1 Å². The molecule has 3 rings (SSSR count). The van der Waals surface area contributed by atoms with Crippen LogP contribution in [0.1, 0.15) is 18.4 Å². The average Bonchev–Trinajstić information content (AvgIpc) is 2.91. The summed E-state index contributed by atoms with van der Waals surface area (Å²) < 4.78 is 0. The first kappa shape index (κ1) is 27.6. The predicted molar refractivity (Wildman–Crippen MR) is 144 cm³/mol. The summed E-state index contributed by atoms with van der Waals surface area (Å²) in [6, 6.07) is 20.9. The molecule has 0 aliphatic carbocycles. The molecular weight excluding hydrogens is 470 g/mol. The molecule has 8 nitrogen and oxygen atoms in total. The maximum absolute atomic E-state index is 12.9. The van der Waals surface area contributed by atoms with Gasteiger partial charge in [0.2, 0.25) is 17.7 Å². The number of fused-ring (bicyclic) bond motifs is 1. The van der Waals surface area contributed by atoms with Gasteiger partial charge in [-0.3, -0.25) is 14.4 Å². The van der Waals surface area contributed by atoms with Crippen LogP contribution < -0.4 is 16.0 Å². The Kier molecular flexibility index (Phi) is 10.4. The van der Waals surface area contributed by atoms with Crippen molar-refractivity contribution < 1.29 is 24.6 Å². The highest BCUT2D eigenvalue weighted by Gasteiger charge is 2.27. The molecule has 3 aromatic carbocycles. The molecule has 3 atom stereocenters. The van der Waals surface area contributed by atoms with Crippen LogP contribution >= 0.6 is 0 Å². The lowest BCUT2D eigenvalue weighted by Gasteiger charge is -2.22. The van der Waals surface area contributed by atoms with Gasteiger partial charge < -0.3 is 26.2 Å². The highest BCUT2D eigenvalue weighted by molar-refractivity contribution is 5.99. The molecule has 0 aliphatic heterocycles. The third kappa shape index (κ3) is 8.27. The second-order valence-corrected chi connectivity index (χ2v) is 8.86. The molecule has 0 heterocycles. The smallest absolute Gasteiger partial charge is 0.249 e. The lowest BCUT2D eigenvalue weighted by Crippen LogP contribution is -2.49. The van der Waals surface area contributed by atoms with Crippen LogP contribution in [0.5, 0.6) is 0 Å². The summed E-state index contributed by atoms with van der Waals surface area (Å²) in [7, 11) is 0. The Bertz CT molecular complexity index is 1210. The summed E-state index contributed by atoms with van der Waals surface area (Å²) in [6.07, 6.45) is 2.01. The Labute approximate surface area is 216 Å². The number of rotatable bonds is 13. The lowest BCUT2D eigenvalue weighted by atomic mass is 9.98. The molecule has 3 amide bonds. The molecule has 0 saturated heterocycles. The summed E-state index contributed by atoms with van der Waals surface area (Å²) >= 11 is 0. The third-order valence-electron chi connectivity index (χ3n) is 6.00. The van der Waals surface area contributed by atoms with Gasteiger partial charge >= 0.3 is 0 Å². The summed E-state index contributed by atoms with van der Waals surface area (Å²) in [5, 5.41) is 29.5. The van der Waals surface area contributed by atoms with E-state index in [9.17, 15) is 24.6 Å². The minimum Gasteiger partial charge on any atom is -0.394 e. The average molecular weight is 504 g/mol. The second-order valence-electron chi connectivity index (χ2n) is 8.86. The van der Waals surface area contributed by atoms with Crippen molar-refractivity contribution in [3.8, 4) is 0 Å². The van der Waals surface area contributed by atoms with Crippen molar-refractivity contribution in [3.63, 3.8) is 0 Å². The molecule has 0 aliphatic rings. The van der Waals surface area contributed by atoms with Gasteiger partial charge in [-0.15, -0.1) is 6.58 Å². The van der Waals surface area contributed by atoms with Crippen LogP contribution in [0.2, 0.25) is 0 Å². The lowest BCUT2D eigenvalue weighted by molar-refractivity contribution is -0.133. The van der Waals surface area contributed by atoms with Gasteiger partial charge in [-0.25, -0.2) is 0 Å². The Balaban J connectivity index is 1.58. The molecule has 0 unspecified atom stereocenters. The highest BCUT2D eigenvalue weighted by Crippen LogP contribution is 2.19. The number of hydrogen-bond acceptors (Lipinski definition) is 5. The number of carbonyl (C=O) groups is 3. The monoisotopic (exact) mass is 503 g/mol. The fraction of sp³-hybridized carbons (Fsp3) is 0.276. The van der Waals surface area contributed by atoms with E-state index in [1.807, 2.05) is 60.7 Å². The fourth-order valence-electron chi connectivity index (χ4n) is 4.03. The molecule has 37 heavy (non-hydrogen) atoms. The van der Waals surface area contributed by atoms with E-state index in [1.165, 1.54) is 6.08 Å². The molecule has 5 N–H and O–H groups in total. The fourth-order valence-corrected chi connectivity index (χ4v) is 4.03. The number of aliphatic hydroxyl groups is 2. The number of allylic oxidation sites excluding steroid dienone is 1. The normalized spacial score (nSPS) is 13.2. The maximum Gasteiger partial charge on any atom is 0.249 e. The van der Waals surface area contributed by atoms with Crippen molar-refractivity contribution in [2.45, 2.75) is 31.3 Å². The van der Waals surface area contributed by atoms with Crippen LogP contribution in [0, 0.1) is 5.92 Å². The van der Waals surface area contributed by atoms with Gasteiger partial charge in [0.15, 0.2) is 0 Å². The van der Waals surface area contributed by atoms with E-state index in [0.29, 0.717) is 12.1 Å². The van der Waals surface area contributed by atoms with Gasteiger partial charge in [-0.05, 0) is 41.3 Å². The zero-order valence-corrected chi connectivity index (χ0v) is 20.6. The summed E-state index contributed by atoms with van der Waals surface area (Å²) in [4.78, 5) is 38.4. The van der Waals surface area contributed by atoms with Crippen LogP contribution in [-0.4, -0.2) is 53.2 Å². The van der Waals surface area contributed by atoms with Gasteiger partial charge in [0.05, 0.1) is 25.2 Å². The molecule has 0 saturated carbocycles. The molecule has 0 fully saturated rings. The molecule has 0 aromatic heterocycles. The minimum atomic E-state index is -1.20. The van der Waals surface area contributed by atoms with Gasteiger partial charge in [0, 0.05) is 12.1 Å². The Morgan fingerprint density at radius 1 is 0.838 bits per heavy atom. The molecular formula is C29H33N3O5. The topological polar surface area (TPSA) is 128 Å². The van der Waals surface area contributed by atoms with E-state index in [-0.39, 0.29) is 19.4 Å². The van der Waals surface area contributed by atoms with E-state index in [2.05, 4.69) is 22.5 Å². The number of benzene rings is 3. The number of amides is 3. The summed E-state index contributed by atoms with van der Waals surface area (Å²) in [6.45, 7) is 2.80. The SMILES string of the molecule is C=CC[C@@H](CC(=O)N[C@@H](CO)Cc1ccccc1)C(=O)N[C@@H](CO)C(=O)Nc1ccc2ccccc2c1. The van der Waals surface area contributed by atoms with Crippen LogP contribution in [0.3, 0.4) is 0 Å². The van der Waals surface area contributed by atoms with Crippen LogP contribution in [-0.2, 0) is 20.8 Å². The number of carbonyl (C=O) groups excluding carboxylic acids is 3. The largest absolute Gasteiger partial charge is 0.394 e. The van der Waals surface area contributed by atoms with Gasteiger partial charge in [0.25, 0.3) is 0 Å². The highest BCUT2D eigenvalue weighted by atomic mass is 16.3. The predicted octanol–water partition coefficient (Wildman–Crippen LogP) is 2.56. The molecule has 8 heteroatoms. The van der Waals surface area contributed by atoms with Crippen molar-refractivity contribution in [2.75, 3.05) is 18.5 Å². The van der Waals surface area contributed by atoms with Crippen molar-refractivity contribution in [2.24, 2.45) is 5.92 Å². The quantitative estimate of drug-likeness (QED) is 0.229. The standard InChI is InChI=1S/C29H33N3O5/c1-2-8-23(17-27(35)30-25(18-33)15-20-9-4-3-5-10-20)28(36)32-26(19-34)29(37)31-24-14-13-21-11-6-7-12-22(21)16-24/h2-7,9-14,16,23,25-26,33-34H,1,8,15,17-19H2,(H,30,35)(H,31,37)(H,32,36)/t23-,25+,26-/m0/s1.